The monoisotopic (exact) mass is 165 g/mol. The molecule has 4 nitrogen and oxygen atoms in total. The zero-order chi connectivity index (χ0) is 8.39. The van der Waals surface area contributed by atoms with E-state index in [-0.39, 0.29) is 0 Å². The molecule has 1 aliphatic rings. The van der Waals surface area contributed by atoms with Crippen LogP contribution in [0.2, 0.25) is 0 Å². The average Bonchev–Trinajstić information content (AvgIpc) is 2.44. The molecular formula is C8H11N3O. The van der Waals surface area contributed by atoms with E-state index in [0.29, 0.717) is 6.10 Å². The highest BCUT2D eigenvalue weighted by molar-refractivity contribution is 5.22. The van der Waals surface area contributed by atoms with E-state index in [0.717, 1.165) is 18.8 Å². The number of hydrogen-bond acceptors (Lipinski definition) is 3. The molecule has 2 rings (SSSR count). The van der Waals surface area contributed by atoms with Crippen LogP contribution in [0, 0.1) is 0 Å². The Kier molecular flexibility index (Phi) is 1.83. The first-order chi connectivity index (χ1) is 5.88. The lowest BCUT2D eigenvalue weighted by atomic mass is 10.2. The molecule has 0 bridgehead atoms. The Balaban J connectivity index is 1.97. The molecule has 0 radical (unpaired) electrons. The van der Waals surface area contributed by atoms with E-state index in [1.165, 1.54) is 0 Å². The van der Waals surface area contributed by atoms with Crippen LogP contribution in [0.15, 0.2) is 19.0 Å². The maximum atomic E-state index is 5.54. The molecule has 1 fully saturated rings. The summed E-state index contributed by atoms with van der Waals surface area (Å²) >= 11 is 0. The number of aromatic nitrogens is 2. The highest BCUT2D eigenvalue weighted by Gasteiger charge is 2.18. The molecule has 0 atom stereocenters. The summed E-state index contributed by atoms with van der Waals surface area (Å²) in [6.07, 6.45) is 5.45. The minimum Gasteiger partial charge on any atom is -0.484 e. The van der Waals surface area contributed by atoms with E-state index < -0.39 is 0 Å². The zero-order valence-electron chi connectivity index (χ0n) is 6.73. The predicted octanol–water partition coefficient (Wildman–Crippen LogP) is 0.334. The first-order valence-corrected chi connectivity index (χ1v) is 3.92. The third-order valence-corrected chi connectivity index (χ3v) is 1.81. The maximum absolute atomic E-state index is 5.54. The molecule has 2 heterocycles. The van der Waals surface area contributed by atoms with Crippen LogP contribution in [0.3, 0.4) is 0 Å². The van der Waals surface area contributed by atoms with Crippen molar-refractivity contribution in [3.8, 4) is 5.75 Å². The van der Waals surface area contributed by atoms with Crippen molar-refractivity contribution in [3.05, 3.63) is 19.0 Å². The van der Waals surface area contributed by atoms with Gasteiger partial charge in [0.25, 0.3) is 0 Å². The predicted molar refractivity (Wildman–Crippen MR) is 45.9 cm³/mol. The van der Waals surface area contributed by atoms with E-state index in [1.54, 1.807) is 17.1 Å². The summed E-state index contributed by atoms with van der Waals surface area (Å²) in [6.45, 7) is 5.45. The number of hydrogen-bond donors (Lipinski definition) is 1. The lowest BCUT2D eigenvalue weighted by molar-refractivity contribution is 0.142. The second kappa shape index (κ2) is 2.98. The lowest BCUT2D eigenvalue weighted by Gasteiger charge is -2.26. The molecular weight excluding hydrogens is 154 g/mol. The highest BCUT2D eigenvalue weighted by atomic mass is 16.5. The molecule has 12 heavy (non-hydrogen) atoms. The molecule has 1 aliphatic heterocycles. The fourth-order valence-corrected chi connectivity index (χ4v) is 1.02. The van der Waals surface area contributed by atoms with Gasteiger partial charge in [0.2, 0.25) is 0 Å². The standard InChI is InChI=1S/C8H11N3O/c1-2-11-6-8(5-10-11)12-7-3-9-4-7/h2,5-7,9H,1,3-4H2. The third kappa shape index (κ3) is 1.33. The van der Waals surface area contributed by atoms with Crippen LogP contribution in [-0.4, -0.2) is 29.0 Å². The van der Waals surface area contributed by atoms with Gasteiger partial charge in [0.1, 0.15) is 6.10 Å². The van der Waals surface area contributed by atoms with Crippen LogP contribution in [0.1, 0.15) is 0 Å². The fourth-order valence-electron chi connectivity index (χ4n) is 1.02. The zero-order valence-corrected chi connectivity index (χ0v) is 6.73. The molecule has 0 saturated carbocycles. The Labute approximate surface area is 70.8 Å². The Morgan fingerprint density at radius 2 is 2.58 bits per heavy atom. The largest absolute Gasteiger partial charge is 0.484 e. The summed E-state index contributed by atoms with van der Waals surface area (Å²) in [4.78, 5) is 0. The summed E-state index contributed by atoms with van der Waals surface area (Å²) in [5.74, 6) is 0.807. The normalized spacial score (nSPS) is 17.0. The first-order valence-electron chi connectivity index (χ1n) is 3.92. The molecule has 0 aliphatic carbocycles. The van der Waals surface area contributed by atoms with Gasteiger partial charge in [-0.1, -0.05) is 6.58 Å². The van der Waals surface area contributed by atoms with E-state index >= 15 is 0 Å². The molecule has 1 aromatic rings. The number of nitrogens with one attached hydrogen (secondary N) is 1. The second-order valence-corrected chi connectivity index (χ2v) is 2.74. The molecule has 0 spiro atoms. The summed E-state index contributed by atoms with van der Waals surface area (Å²) in [5, 5.41) is 7.13. The second-order valence-electron chi connectivity index (χ2n) is 2.74. The van der Waals surface area contributed by atoms with Gasteiger partial charge in [0, 0.05) is 19.3 Å². The average molecular weight is 165 g/mol. The highest BCUT2D eigenvalue weighted by Crippen LogP contribution is 2.12. The van der Waals surface area contributed by atoms with Crippen LogP contribution in [0.5, 0.6) is 5.75 Å². The van der Waals surface area contributed by atoms with Crippen molar-refractivity contribution in [2.75, 3.05) is 13.1 Å². The summed E-state index contributed by atoms with van der Waals surface area (Å²) < 4.78 is 7.17. The van der Waals surface area contributed by atoms with E-state index in [9.17, 15) is 0 Å². The molecule has 0 unspecified atom stereocenters. The number of rotatable bonds is 3. The molecule has 1 saturated heterocycles. The Morgan fingerprint density at radius 1 is 1.75 bits per heavy atom. The van der Waals surface area contributed by atoms with Gasteiger partial charge < -0.3 is 10.1 Å². The fraction of sp³-hybridized carbons (Fsp3) is 0.375. The number of nitrogens with zero attached hydrogens (tertiary/aromatic N) is 2. The molecule has 0 aromatic carbocycles. The quantitative estimate of drug-likeness (QED) is 0.701. The van der Waals surface area contributed by atoms with Gasteiger partial charge >= 0.3 is 0 Å². The van der Waals surface area contributed by atoms with Crippen molar-refractivity contribution in [3.63, 3.8) is 0 Å². The molecule has 1 aromatic heterocycles. The summed E-state index contributed by atoms with van der Waals surface area (Å²) in [6, 6.07) is 0. The van der Waals surface area contributed by atoms with E-state index in [2.05, 4.69) is 17.0 Å². The van der Waals surface area contributed by atoms with Crippen molar-refractivity contribution in [1.29, 1.82) is 0 Å². The van der Waals surface area contributed by atoms with Crippen LogP contribution in [-0.2, 0) is 0 Å². The van der Waals surface area contributed by atoms with E-state index in [1.807, 2.05) is 6.20 Å². The van der Waals surface area contributed by atoms with Crippen LogP contribution in [0.4, 0.5) is 0 Å². The number of ether oxygens (including phenoxy) is 1. The van der Waals surface area contributed by atoms with Crippen molar-refractivity contribution in [2.45, 2.75) is 6.10 Å². The first kappa shape index (κ1) is 7.36. The lowest BCUT2D eigenvalue weighted by Crippen LogP contribution is -2.50. The van der Waals surface area contributed by atoms with Crippen LogP contribution < -0.4 is 10.1 Å². The van der Waals surface area contributed by atoms with Crippen molar-refractivity contribution >= 4 is 6.20 Å². The van der Waals surface area contributed by atoms with Gasteiger partial charge in [-0.05, 0) is 0 Å². The smallest absolute Gasteiger partial charge is 0.158 e. The molecule has 1 N–H and O–H groups in total. The molecule has 4 heteroatoms. The summed E-state index contributed by atoms with van der Waals surface area (Å²) in [7, 11) is 0. The van der Waals surface area contributed by atoms with Gasteiger partial charge in [-0.3, -0.25) is 0 Å². The van der Waals surface area contributed by atoms with Gasteiger partial charge in [-0.25, -0.2) is 4.68 Å². The minimum absolute atomic E-state index is 0.312. The molecule has 0 amide bonds. The Hall–Kier alpha value is -1.29. The maximum Gasteiger partial charge on any atom is 0.158 e. The third-order valence-electron chi connectivity index (χ3n) is 1.81. The van der Waals surface area contributed by atoms with Gasteiger partial charge in [0.05, 0.1) is 12.4 Å². The SMILES string of the molecule is C=Cn1cc(OC2CNC2)cn1. The van der Waals surface area contributed by atoms with Crippen LogP contribution in [0.25, 0.3) is 6.20 Å². The van der Waals surface area contributed by atoms with Crippen LogP contribution >= 0.6 is 0 Å². The van der Waals surface area contributed by atoms with Gasteiger partial charge in [-0.15, -0.1) is 0 Å². The van der Waals surface area contributed by atoms with Crippen molar-refractivity contribution in [2.24, 2.45) is 0 Å². The topological polar surface area (TPSA) is 39.1 Å². The van der Waals surface area contributed by atoms with Gasteiger partial charge in [0.15, 0.2) is 5.75 Å². The Bertz CT molecular complexity index is 278. The van der Waals surface area contributed by atoms with Gasteiger partial charge in [-0.2, -0.15) is 5.10 Å². The van der Waals surface area contributed by atoms with E-state index in [4.69, 9.17) is 4.74 Å². The Morgan fingerprint density at radius 3 is 3.08 bits per heavy atom. The summed E-state index contributed by atoms with van der Waals surface area (Å²) in [5.41, 5.74) is 0. The molecule has 64 valence electrons. The van der Waals surface area contributed by atoms with Crippen molar-refractivity contribution < 1.29 is 4.74 Å². The minimum atomic E-state index is 0.312. The van der Waals surface area contributed by atoms with Crippen molar-refractivity contribution in [1.82, 2.24) is 15.1 Å².